The summed E-state index contributed by atoms with van der Waals surface area (Å²) >= 11 is 7.23. The summed E-state index contributed by atoms with van der Waals surface area (Å²) in [6, 6.07) is 4.93. The van der Waals surface area contributed by atoms with E-state index in [9.17, 15) is 22.4 Å². The Morgan fingerprint density at radius 2 is 1.88 bits per heavy atom. The Bertz CT molecular complexity index is 1320. The van der Waals surface area contributed by atoms with Gasteiger partial charge >= 0.3 is 5.97 Å². The number of nitrogens with one attached hydrogen (secondary N) is 1. The molecule has 33 heavy (non-hydrogen) atoms. The first-order chi connectivity index (χ1) is 15.5. The Balaban J connectivity index is 1.91. The molecule has 174 valence electrons. The first kappa shape index (κ1) is 24.7. The van der Waals surface area contributed by atoms with Crippen molar-refractivity contribution in [3.63, 3.8) is 0 Å². The number of carbonyl (C=O) groups excluding carboxylic acids is 2. The summed E-state index contributed by atoms with van der Waals surface area (Å²) in [7, 11) is -4.06. The van der Waals surface area contributed by atoms with Crippen molar-refractivity contribution in [1.82, 2.24) is 9.97 Å². The van der Waals surface area contributed by atoms with Crippen LogP contribution in [0, 0.1) is 19.7 Å². The molecule has 0 fully saturated rings. The molecule has 8 nitrogen and oxygen atoms in total. The lowest BCUT2D eigenvalue weighted by Crippen LogP contribution is -2.19. The monoisotopic (exact) mass is 511 g/mol. The third-order valence-electron chi connectivity index (χ3n) is 4.58. The Labute approximate surface area is 198 Å². The lowest BCUT2D eigenvalue weighted by molar-refractivity contribution is 0.0527. The minimum Gasteiger partial charge on any atom is -0.462 e. The van der Waals surface area contributed by atoms with Crippen molar-refractivity contribution in [3.05, 3.63) is 68.6 Å². The van der Waals surface area contributed by atoms with Gasteiger partial charge in [0.1, 0.15) is 10.8 Å². The number of nitrogens with zero attached hydrogens (tertiary/aromatic N) is 2. The fourth-order valence-electron chi connectivity index (χ4n) is 2.85. The Morgan fingerprint density at radius 1 is 1.21 bits per heavy atom. The standard InChI is InChI=1S/C21H19ClFN3O5S2/c1-4-31-20(28)16-11(2)12(3)32-19(16)26-18(27)17-15(22)9-24-21(25-17)33(29,30)10-13-5-7-14(23)8-6-13/h5-9H,4,10H2,1-3H3,(H,26,27). The number of aryl methyl sites for hydroxylation is 1. The van der Waals surface area contributed by atoms with E-state index < -0.39 is 38.4 Å². The van der Waals surface area contributed by atoms with Crippen molar-refractivity contribution in [2.24, 2.45) is 0 Å². The van der Waals surface area contributed by atoms with Gasteiger partial charge in [0.25, 0.3) is 5.91 Å². The fraction of sp³-hybridized carbons (Fsp3) is 0.238. The number of hydrogen-bond acceptors (Lipinski definition) is 8. The second-order valence-electron chi connectivity index (χ2n) is 6.90. The highest BCUT2D eigenvalue weighted by Crippen LogP contribution is 2.33. The number of benzene rings is 1. The van der Waals surface area contributed by atoms with Crippen LogP contribution >= 0.6 is 22.9 Å². The predicted octanol–water partition coefficient (Wildman–Crippen LogP) is 4.35. The van der Waals surface area contributed by atoms with Crippen molar-refractivity contribution in [3.8, 4) is 0 Å². The van der Waals surface area contributed by atoms with Crippen molar-refractivity contribution in [1.29, 1.82) is 0 Å². The molecular weight excluding hydrogens is 493 g/mol. The average molecular weight is 512 g/mol. The van der Waals surface area contributed by atoms with Gasteiger partial charge in [0.2, 0.25) is 15.0 Å². The molecule has 2 aromatic heterocycles. The van der Waals surface area contributed by atoms with Gasteiger partial charge in [-0.15, -0.1) is 11.3 Å². The summed E-state index contributed by atoms with van der Waals surface area (Å²) in [4.78, 5) is 33.6. The second-order valence-corrected chi connectivity index (χ2v) is 10.4. The summed E-state index contributed by atoms with van der Waals surface area (Å²) in [5.74, 6) is -2.40. The van der Waals surface area contributed by atoms with E-state index in [2.05, 4.69) is 15.3 Å². The number of halogens is 2. The van der Waals surface area contributed by atoms with E-state index in [1.54, 1.807) is 20.8 Å². The molecule has 0 aliphatic rings. The van der Waals surface area contributed by atoms with Crippen LogP contribution in [0.5, 0.6) is 0 Å². The van der Waals surface area contributed by atoms with Gasteiger partial charge < -0.3 is 10.1 Å². The van der Waals surface area contributed by atoms with E-state index in [4.69, 9.17) is 16.3 Å². The molecule has 1 amide bonds. The largest absolute Gasteiger partial charge is 0.462 e. The second kappa shape index (κ2) is 9.94. The number of carbonyl (C=O) groups is 2. The highest BCUT2D eigenvalue weighted by atomic mass is 35.5. The van der Waals surface area contributed by atoms with E-state index in [-0.39, 0.29) is 27.9 Å². The number of amides is 1. The van der Waals surface area contributed by atoms with Gasteiger partial charge in [-0.2, -0.15) is 0 Å². The first-order valence-electron chi connectivity index (χ1n) is 9.61. The molecule has 0 radical (unpaired) electrons. The molecule has 0 unspecified atom stereocenters. The third-order valence-corrected chi connectivity index (χ3v) is 7.44. The Morgan fingerprint density at radius 3 is 2.52 bits per heavy atom. The topological polar surface area (TPSA) is 115 Å². The lowest BCUT2D eigenvalue weighted by atomic mass is 10.1. The first-order valence-corrected chi connectivity index (χ1v) is 12.5. The molecule has 3 aromatic rings. The molecule has 12 heteroatoms. The zero-order valence-electron chi connectivity index (χ0n) is 17.8. The maximum absolute atomic E-state index is 13.1. The van der Waals surface area contributed by atoms with Gasteiger partial charge in [0.05, 0.1) is 29.1 Å². The van der Waals surface area contributed by atoms with Crippen LogP contribution in [0.1, 0.15) is 43.8 Å². The lowest BCUT2D eigenvalue weighted by Gasteiger charge is -2.09. The van der Waals surface area contributed by atoms with Gasteiger partial charge in [-0.05, 0) is 44.0 Å². The van der Waals surface area contributed by atoms with Gasteiger partial charge in [-0.1, -0.05) is 23.7 Å². The molecule has 3 rings (SSSR count). The molecule has 2 heterocycles. The van der Waals surface area contributed by atoms with Crippen LogP contribution in [0.2, 0.25) is 5.02 Å². The molecule has 0 aliphatic heterocycles. The van der Waals surface area contributed by atoms with Crippen LogP contribution in [0.4, 0.5) is 9.39 Å². The van der Waals surface area contributed by atoms with E-state index >= 15 is 0 Å². The van der Waals surface area contributed by atoms with Crippen molar-refractivity contribution < 1.29 is 27.1 Å². The van der Waals surface area contributed by atoms with Crippen LogP contribution in [0.3, 0.4) is 0 Å². The van der Waals surface area contributed by atoms with Crippen molar-refractivity contribution in [2.75, 3.05) is 11.9 Å². The van der Waals surface area contributed by atoms with Crippen LogP contribution in [0.15, 0.2) is 35.6 Å². The Kier molecular flexibility index (Phi) is 7.45. The van der Waals surface area contributed by atoms with Crippen molar-refractivity contribution >= 4 is 49.7 Å². The number of thiophene rings is 1. The quantitative estimate of drug-likeness (QED) is 0.370. The van der Waals surface area contributed by atoms with E-state index in [0.29, 0.717) is 11.1 Å². The third kappa shape index (κ3) is 5.55. The number of hydrogen-bond donors (Lipinski definition) is 1. The normalized spacial score (nSPS) is 11.3. The number of aromatic nitrogens is 2. The molecule has 0 spiro atoms. The van der Waals surface area contributed by atoms with Crippen LogP contribution in [0.25, 0.3) is 0 Å². The van der Waals surface area contributed by atoms with Gasteiger partial charge in [0.15, 0.2) is 5.69 Å². The number of anilines is 1. The van der Waals surface area contributed by atoms with Crippen LogP contribution in [-0.4, -0.2) is 36.9 Å². The highest BCUT2D eigenvalue weighted by molar-refractivity contribution is 7.90. The molecule has 0 atom stereocenters. The molecule has 0 aliphatic carbocycles. The highest BCUT2D eigenvalue weighted by Gasteiger charge is 2.26. The Hall–Kier alpha value is -2.89. The van der Waals surface area contributed by atoms with Gasteiger partial charge in [-0.25, -0.2) is 27.6 Å². The maximum atomic E-state index is 13.1. The summed E-state index contributed by atoms with van der Waals surface area (Å²) in [5.41, 5.74) is 0.819. The zero-order chi connectivity index (χ0) is 24.3. The molecular formula is C21H19ClFN3O5S2. The minimum absolute atomic E-state index is 0.160. The average Bonchev–Trinajstić information content (AvgIpc) is 3.03. The number of sulfone groups is 1. The number of esters is 1. The molecule has 0 saturated heterocycles. The number of rotatable bonds is 7. The summed E-state index contributed by atoms with van der Waals surface area (Å²) in [6.45, 7) is 5.34. The van der Waals surface area contributed by atoms with E-state index in [1.807, 2.05) is 0 Å². The summed E-state index contributed by atoms with van der Waals surface area (Å²) in [5, 5.41) is 2.03. The molecule has 0 saturated carbocycles. The molecule has 1 aromatic carbocycles. The minimum atomic E-state index is -4.06. The van der Waals surface area contributed by atoms with E-state index in [0.717, 1.165) is 23.2 Å². The van der Waals surface area contributed by atoms with E-state index in [1.165, 1.54) is 23.5 Å². The summed E-state index contributed by atoms with van der Waals surface area (Å²) < 4.78 is 43.6. The van der Waals surface area contributed by atoms with Crippen molar-refractivity contribution in [2.45, 2.75) is 31.7 Å². The number of ether oxygens (including phenoxy) is 1. The molecule has 0 bridgehead atoms. The predicted molar refractivity (Wildman–Crippen MR) is 122 cm³/mol. The van der Waals surface area contributed by atoms with Crippen LogP contribution < -0.4 is 5.32 Å². The fourth-order valence-corrected chi connectivity index (χ4v) is 5.28. The van der Waals surface area contributed by atoms with Gasteiger partial charge in [0, 0.05) is 4.88 Å². The summed E-state index contributed by atoms with van der Waals surface area (Å²) in [6.07, 6.45) is 1.01. The molecule has 1 N–H and O–H groups in total. The smallest absolute Gasteiger partial charge is 0.341 e. The zero-order valence-corrected chi connectivity index (χ0v) is 20.2. The van der Waals surface area contributed by atoms with Gasteiger partial charge in [-0.3, -0.25) is 4.79 Å². The van der Waals surface area contributed by atoms with Crippen LogP contribution in [-0.2, 0) is 20.3 Å². The maximum Gasteiger partial charge on any atom is 0.341 e. The SMILES string of the molecule is CCOC(=O)c1c(NC(=O)c2nc(S(=O)(=O)Cc3ccc(F)cc3)ncc2Cl)sc(C)c1C.